The van der Waals surface area contributed by atoms with Crippen molar-refractivity contribution in [2.75, 3.05) is 25.1 Å². The van der Waals surface area contributed by atoms with E-state index in [9.17, 15) is 9.59 Å². The number of amides is 1. The first-order valence-electron chi connectivity index (χ1n) is 7.01. The summed E-state index contributed by atoms with van der Waals surface area (Å²) in [6.07, 6.45) is 0. The molecule has 112 valence electrons. The molecule has 1 aliphatic rings. The largest absolute Gasteiger partial charge is 0.379 e. The van der Waals surface area contributed by atoms with Crippen LogP contribution >= 0.6 is 0 Å². The molecule has 1 fully saturated rings. The van der Waals surface area contributed by atoms with Crippen molar-refractivity contribution in [3.8, 4) is 0 Å². The van der Waals surface area contributed by atoms with Crippen LogP contribution in [0.2, 0.25) is 0 Å². The van der Waals surface area contributed by atoms with E-state index < -0.39 is 0 Å². The van der Waals surface area contributed by atoms with Crippen molar-refractivity contribution in [2.24, 2.45) is 5.92 Å². The number of benzene rings is 1. The lowest BCUT2D eigenvalue weighted by atomic mass is 10.0. The van der Waals surface area contributed by atoms with Crippen LogP contribution in [-0.4, -0.2) is 41.7 Å². The normalized spacial score (nSPS) is 21.8. The van der Waals surface area contributed by atoms with Crippen molar-refractivity contribution in [2.45, 2.75) is 13.0 Å². The van der Waals surface area contributed by atoms with E-state index >= 15 is 0 Å². The molecule has 7 heteroatoms. The number of anilines is 1. The second-order valence-electron chi connectivity index (χ2n) is 5.14. The number of H-pyrrole nitrogens is 2. The Balaban J connectivity index is 1.74. The number of hydrogen-bond donors (Lipinski definition) is 4. The fourth-order valence-corrected chi connectivity index (χ4v) is 2.62. The fourth-order valence-electron chi connectivity index (χ4n) is 2.62. The first kappa shape index (κ1) is 13.8. The monoisotopic (exact) mass is 290 g/mol. The maximum atomic E-state index is 12.3. The minimum absolute atomic E-state index is 0.0470. The Labute approximate surface area is 121 Å². The molecular formula is C14H18N4O3. The van der Waals surface area contributed by atoms with Gasteiger partial charge in [0.05, 0.1) is 30.2 Å². The molecule has 2 aromatic rings. The van der Waals surface area contributed by atoms with E-state index in [1.807, 2.05) is 6.92 Å². The molecule has 1 aliphatic heterocycles. The van der Waals surface area contributed by atoms with E-state index in [0.717, 1.165) is 6.54 Å². The minimum Gasteiger partial charge on any atom is -0.379 e. The highest BCUT2D eigenvalue weighted by molar-refractivity contribution is 5.95. The van der Waals surface area contributed by atoms with Gasteiger partial charge in [-0.25, -0.2) is 4.79 Å². The van der Waals surface area contributed by atoms with Crippen LogP contribution in [0.1, 0.15) is 6.92 Å². The van der Waals surface area contributed by atoms with Crippen LogP contribution in [0.15, 0.2) is 23.0 Å². The number of ether oxygens (including phenoxy) is 1. The van der Waals surface area contributed by atoms with Crippen LogP contribution in [0.3, 0.4) is 0 Å². The molecule has 1 saturated heterocycles. The highest BCUT2D eigenvalue weighted by Gasteiger charge is 2.33. The standard InChI is InChI=1S/C14H18N4O3/c1-2-15-12-7-21-6-9(12)13(19)16-8-3-4-10-11(5-8)18-14(20)17-10/h3-5,9,12,15H,2,6-7H2,1H3,(H,16,19)(H2,17,18,20). The molecule has 0 bridgehead atoms. The highest BCUT2D eigenvalue weighted by atomic mass is 16.5. The number of likely N-dealkylation sites (N-methyl/N-ethyl adjacent to an activating group) is 1. The number of nitrogens with one attached hydrogen (secondary N) is 4. The van der Waals surface area contributed by atoms with Crippen LogP contribution < -0.4 is 16.3 Å². The first-order chi connectivity index (χ1) is 10.2. The molecule has 0 aliphatic carbocycles. The van der Waals surface area contributed by atoms with Gasteiger partial charge in [0.15, 0.2) is 0 Å². The third kappa shape index (κ3) is 2.84. The van der Waals surface area contributed by atoms with Crippen LogP contribution in [0.25, 0.3) is 11.0 Å². The summed E-state index contributed by atoms with van der Waals surface area (Å²) in [7, 11) is 0. The van der Waals surface area contributed by atoms with Gasteiger partial charge in [-0.2, -0.15) is 0 Å². The summed E-state index contributed by atoms with van der Waals surface area (Å²) in [5, 5.41) is 6.13. The molecule has 2 unspecified atom stereocenters. The number of hydrogen-bond acceptors (Lipinski definition) is 4. The second kappa shape index (κ2) is 5.71. The Hall–Kier alpha value is -2.12. The number of fused-ring (bicyclic) bond motifs is 1. The average molecular weight is 290 g/mol. The van der Waals surface area contributed by atoms with Gasteiger partial charge in [0.1, 0.15) is 0 Å². The summed E-state index contributed by atoms with van der Waals surface area (Å²) in [6.45, 7) is 3.78. The predicted octanol–water partition coefficient (Wildman–Crippen LogP) is 0.419. The van der Waals surface area contributed by atoms with Gasteiger partial charge >= 0.3 is 5.69 Å². The smallest absolute Gasteiger partial charge is 0.323 e. The van der Waals surface area contributed by atoms with Crippen LogP contribution in [0.5, 0.6) is 0 Å². The van der Waals surface area contributed by atoms with Crippen molar-refractivity contribution in [3.05, 3.63) is 28.7 Å². The summed E-state index contributed by atoms with van der Waals surface area (Å²) in [4.78, 5) is 28.9. The van der Waals surface area contributed by atoms with Gasteiger partial charge in [-0.3, -0.25) is 4.79 Å². The Morgan fingerprint density at radius 3 is 2.95 bits per heavy atom. The second-order valence-corrected chi connectivity index (χ2v) is 5.14. The summed E-state index contributed by atoms with van der Waals surface area (Å²) in [5.41, 5.74) is 1.78. The van der Waals surface area contributed by atoms with Crippen molar-refractivity contribution < 1.29 is 9.53 Å². The van der Waals surface area contributed by atoms with Crippen molar-refractivity contribution in [3.63, 3.8) is 0 Å². The number of carbonyl (C=O) groups is 1. The Bertz CT molecular complexity index is 706. The molecule has 7 nitrogen and oxygen atoms in total. The van der Waals surface area contributed by atoms with Gasteiger partial charge in [-0.1, -0.05) is 6.92 Å². The molecular weight excluding hydrogens is 272 g/mol. The van der Waals surface area contributed by atoms with E-state index in [1.165, 1.54) is 0 Å². The number of rotatable bonds is 4. The van der Waals surface area contributed by atoms with Crippen LogP contribution in [0.4, 0.5) is 5.69 Å². The van der Waals surface area contributed by atoms with Crippen molar-refractivity contribution in [1.29, 1.82) is 0 Å². The third-order valence-electron chi connectivity index (χ3n) is 3.67. The van der Waals surface area contributed by atoms with E-state index in [1.54, 1.807) is 18.2 Å². The fraction of sp³-hybridized carbons (Fsp3) is 0.429. The SMILES string of the molecule is CCNC1COCC1C(=O)Nc1ccc2[nH]c(=O)[nH]c2c1. The lowest BCUT2D eigenvalue weighted by Gasteiger charge is -2.17. The number of imidazole rings is 1. The Kier molecular flexibility index (Phi) is 3.76. The summed E-state index contributed by atoms with van der Waals surface area (Å²) < 4.78 is 5.38. The van der Waals surface area contributed by atoms with Crippen LogP contribution in [0, 0.1) is 5.92 Å². The van der Waals surface area contributed by atoms with Gasteiger partial charge < -0.3 is 25.3 Å². The van der Waals surface area contributed by atoms with Crippen molar-refractivity contribution >= 4 is 22.6 Å². The van der Waals surface area contributed by atoms with E-state index in [4.69, 9.17) is 4.74 Å². The van der Waals surface area contributed by atoms with Gasteiger partial charge in [0, 0.05) is 11.7 Å². The van der Waals surface area contributed by atoms with E-state index in [0.29, 0.717) is 29.9 Å². The first-order valence-corrected chi connectivity index (χ1v) is 7.01. The van der Waals surface area contributed by atoms with Crippen molar-refractivity contribution in [1.82, 2.24) is 15.3 Å². The van der Waals surface area contributed by atoms with Gasteiger partial charge in [-0.15, -0.1) is 0 Å². The molecule has 0 saturated carbocycles. The zero-order valence-corrected chi connectivity index (χ0v) is 11.7. The summed E-state index contributed by atoms with van der Waals surface area (Å²) >= 11 is 0. The summed E-state index contributed by atoms with van der Waals surface area (Å²) in [5.74, 6) is -0.276. The Morgan fingerprint density at radius 1 is 1.33 bits per heavy atom. The van der Waals surface area contributed by atoms with Gasteiger partial charge in [0.2, 0.25) is 5.91 Å². The molecule has 1 aromatic heterocycles. The third-order valence-corrected chi connectivity index (χ3v) is 3.67. The molecule has 2 heterocycles. The molecule has 0 spiro atoms. The van der Waals surface area contributed by atoms with Gasteiger partial charge in [-0.05, 0) is 24.7 Å². The summed E-state index contributed by atoms with van der Waals surface area (Å²) in [6, 6.07) is 5.31. The zero-order valence-electron chi connectivity index (χ0n) is 11.7. The van der Waals surface area contributed by atoms with E-state index in [-0.39, 0.29) is 23.6 Å². The van der Waals surface area contributed by atoms with E-state index in [2.05, 4.69) is 20.6 Å². The lowest BCUT2D eigenvalue weighted by molar-refractivity contribution is -0.120. The van der Waals surface area contributed by atoms with Gasteiger partial charge in [0.25, 0.3) is 0 Å². The topological polar surface area (TPSA) is 99.0 Å². The maximum Gasteiger partial charge on any atom is 0.323 e. The number of aromatic nitrogens is 2. The minimum atomic E-state index is -0.259. The maximum absolute atomic E-state index is 12.3. The number of carbonyl (C=O) groups excluding carboxylic acids is 1. The molecule has 3 rings (SSSR count). The predicted molar refractivity (Wildman–Crippen MR) is 79.3 cm³/mol. The van der Waals surface area contributed by atoms with Crippen LogP contribution in [-0.2, 0) is 9.53 Å². The molecule has 2 atom stereocenters. The average Bonchev–Trinajstić information content (AvgIpc) is 3.04. The molecule has 1 aromatic carbocycles. The Morgan fingerprint density at radius 2 is 2.14 bits per heavy atom. The molecule has 0 radical (unpaired) electrons. The molecule has 4 N–H and O–H groups in total. The molecule has 1 amide bonds. The zero-order chi connectivity index (χ0) is 14.8. The quantitative estimate of drug-likeness (QED) is 0.656. The lowest BCUT2D eigenvalue weighted by Crippen LogP contribution is -2.41. The molecule has 21 heavy (non-hydrogen) atoms. The number of aromatic amines is 2. The highest BCUT2D eigenvalue weighted by Crippen LogP contribution is 2.19.